The van der Waals surface area contributed by atoms with Crippen LogP contribution < -0.4 is 16.2 Å². The maximum atomic E-state index is 12.3. The van der Waals surface area contributed by atoms with Crippen LogP contribution in [0.15, 0.2) is 34.4 Å². The molecule has 7 nitrogen and oxygen atoms in total. The van der Waals surface area contributed by atoms with Gasteiger partial charge in [0, 0.05) is 11.8 Å². The number of amides is 1. The Kier molecular flexibility index (Phi) is 4.77. The Labute approximate surface area is 153 Å². The number of carbonyl (C=O) groups is 1. The standard InChI is InChI=1S/C18H19N5O2S/c24-17-12-3-1-2-4-13(12)21-15(23-17)9-20-18(25)14-10-26-16(22-14)7-11-5-6-19-8-11/h1-4,10-11,19H,5-9H2,(H,20,25)(H,21,23,24). The van der Waals surface area contributed by atoms with E-state index in [1.54, 1.807) is 23.6 Å². The minimum Gasteiger partial charge on any atom is -0.343 e. The Balaban J connectivity index is 1.41. The molecule has 1 aromatic carbocycles. The van der Waals surface area contributed by atoms with Gasteiger partial charge >= 0.3 is 0 Å². The summed E-state index contributed by atoms with van der Waals surface area (Å²) in [4.78, 5) is 35.9. The maximum absolute atomic E-state index is 12.3. The average Bonchev–Trinajstić information content (AvgIpc) is 3.32. The van der Waals surface area contributed by atoms with Crippen molar-refractivity contribution < 1.29 is 4.79 Å². The van der Waals surface area contributed by atoms with Crippen LogP contribution in [0, 0.1) is 5.92 Å². The van der Waals surface area contributed by atoms with E-state index in [2.05, 4.69) is 25.6 Å². The number of carbonyl (C=O) groups excluding carboxylic acids is 1. The van der Waals surface area contributed by atoms with Crippen LogP contribution in [0.1, 0.15) is 27.7 Å². The molecule has 1 fully saturated rings. The van der Waals surface area contributed by atoms with Crippen LogP contribution in [0.2, 0.25) is 0 Å². The summed E-state index contributed by atoms with van der Waals surface area (Å²) in [7, 11) is 0. The van der Waals surface area contributed by atoms with Crippen molar-refractivity contribution in [2.45, 2.75) is 19.4 Å². The lowest BCUT2D eigenvalue weighted by Gasteiger charge is -2.05. The first-order valence-electron chi connectivity index (χ1n) is 8.60. The lowest BCUT2D eigenvalue weighted by Crippen LogP contribution is -2.26. The number of rotatable bonds is 5. The molecule has 3 aromatic rings. The average molecular weight is 369 g/mol. The highest BCUT2D eigenvalue weighted by Gasteiger charge is 2.18. The quantitative estimate of drug-likeness (QED) is 0.632. The van der Waals surface area contributed by atoms with Crippen molar-refractivity contribution in [1.29, 1.82) is 0 Å². The van der Waals surface area contributed by atoms with E-state index in [9.17, 15) is 9.59 Å². The molecule has 4 rings (SSSR count). The van der Waals surface area contributed by atoms with Gasteiger partial charge in [0.2, 0.25) is 0 Å². The van der Waals surface area contributed by atoms with Crippen molar-refractivity contribution in [1.82, 2.24) is 25.6 Å². The van der Waals surface area contributed by atoms with Crippen molar-refractivity contribution in [2.75, 3.05) is 13.1 Å². The fourth-order valence-electron chi connectivity index (χ4n) is 3.12. The number of nitrogens with zero attached hydrogens (tertiary/aromatic N) is 2. The van der Waals surface area contributed by atoms with Crippen LogP contribution in [0.25, 0.3) is 10.9 Å². The van der Waals surface area contributed by atoms with Gasteiger partial charge in [0.25, 0.3) is 11.5 Å². The number of hydrogen-bond acceptors (Lipinski definition) is 6. The molecular formula is C18H19N5O2S. The smallest absolute Gasteiger partial charge is 0.271 e. The van der Waals surface area contributed by atoms with Crippen LogP contribution in [-0.4, -0.2) is 33.9 Å². The van der Waals surface area contributed by atoms with E-state index < -0.39 is 0 Å². The van der Waals surface area contributed by atoms with Gasteiger partial charge in [-0.1, -0.05) is 12.1 Å². The van der Waals surface area contributed by atoms with Crippen LogP contribution in [-0.2, 0) is 13.0 Å². The second kappa shape index (κ2) is 7.35. The summed E-state index contributed by atoms with van der Waals surface area (Å²) in [5, 5.41) is 9.42. The van der Waals surface area contributed by atoms with Crippen molar-refractivity contribution in [3.05, 3.63) is 56.5 Å². The van der Waals surface area contributed by atoms with Gasteiger partial charge in [0.1, 0.15) is 11.5 Å². The lowest BCUT2D eigenvalue weighted by atomic mass is 10.1. The van der Waals surface area contributed by atoms with Crippen LogP contribution >= 0.6 is 11.3 Å². The number of hydrogen-bond donors (Lipinski definition) is 3. The fraction of sp³-hybridized carbons (Fsp3) is 0.333. The van der Waals surface area contributed by atoms with Gasteiger partial charge < -0.3 is 15.6 Å². The summed E-state index contributed by atoms with van der Waals surface area (Å²) in [6, 6.07) is 7.12. The molecule has 1 unspecified atom stereocenters. The minimum absolute atomic E-state index is 0.151. The number of thiazole rings is 1. The van der Waals surface area contributed by atoms with E-state index in [1.807, 2.05) is 6.07 Å². The first-order valence-corrected chi connectivity index (χ1v) is 9.48. The van der Waals surface area contributed by atoms with Crippen molar-refractivity contribution in [3.63, 3.8) is 0 Å². The van der Waals surface area contributed by atoms with Crippen molar-refractivity contribution in [3.8, 4) is 0 Å². The van der Waals surface area contributed by atoms with E-state index in [1.165, 1.54) is 11.3 Å². The number of nitrogens with one attached hydrogen (secondary N) is 3. The molecule has 1 atom stereocenters. The number of H-pyrrole nitrogens is 1. The summed E-state index contributed by atoms with van der Waals surface area (Å²) in [5.41, 5.74) is 0.821. The fourth-order valence-corrected chi connectivity index (χ4v) is 4.01. The van der Waals surface area contributed by atoms with Gasteiger partial charge in [0.15, 0.2) is 0 Å². The third-order valence-electron chi connectivity index (χ3n) is 4.49. The maximum Gasteiger partial charge on any atom is 0.271 e. The number of aromatic amines is 1. The molecule has 3 N–H and O–H groups in total. The molecule has 2 aromatic heterocycles. The summed E-state index contributed by atoms with van der Waals surface area (Å²) in [6.07, 6.45) is 2.06. The number of para-hydroxylation sites is 1. The Morgan fingerprint density at radius 3 is 3.04 bits per heavy atom. The molecule has 1 saturated heterocycles. The summed E-state index contributed by atoms with van der Waals surface area (Å²) in [6.45, 7) is 2.22. The zero-order chi connectivity index (χ0) is 17.9. The van der Waals surface area contributed by atoms with E-state index >= 15 is 0 Å². The Morgan fingerprint density at radius 1 is 1.31 bits per heavy atom. The Bertz CT molecular complexity index is 990. The molecule has 0 saturated carbocycles. The molecule has 134 valence electrons. The normalized spacial score (nSPS) is 16.8. The first kappa shape index (κ1) is 16.9. The highest BCUT2D eigenvalue weighted by molar-refractivity contribution is 7.09. The third-order valence-corrected chi connectivity index (χ3v) is 5.36. The minimum atomic E-state index is -0.257. The van der Waals surface area contributed by atoms with Crippen LogP contribution in [0.4, 0.5) is 0 Å². The van der Waals surface area contributed by atoms with E-state index in [0.717, 1.165) is 30.9 Å². The predicted molar refractivity (Wildman–Crippen MR) is 100 cm³/mol. The molecule has 0 bridgehead atoms. The summed E-state index contributed by atoms with van der Waals surface area (Å²) >= 11 is 1.52. The Morgan fingerprint density at radius 2 is 2.19 bits per heavy atom. The second-order valence-corrected chi connectivity index (χ2v) is 7.34. The lowest BCUT2D eigenvalue weighted by molar-refractivity contribution is 0.0945. The Hall–Kier alpha value is -2.58. The molecule has 0 spiro atoms. The predicted octanol–water partition coefficient (Wildman–Crippen LogP) is 1.46. The molecule has 0 aliphatic carbocycles. The van der Waals surface area contributed by atoms with Gasteiger partial charge in [0.05, 0.1) is 22.5 Å². The monoisotopic (exact) mass is 369 g/mol. The topological polar surface area (TPSA) is 99.8 Å². The molecule has 1 aliphatic heterocycles. The molecule has 1 amide bonds. The largest absolute Gasteiger partial charge is 0.343 e. The van der Waals surface area contributed by atoms with Gasteiger partial charge in [-0.3, -0.25) is 9.59 Å². The molecular weight excluding hydrogens is 350 g/mol. The molecule has 26 heavy (non-hydrogen) atoms. The molecule has 8 heteroatoms. The van der Waals surface area contributed by atoms with Crippen LogP contribution in [0.5, 0.6) is 0 Å². The van der Waals surface area contributed by atoms with Gasteiger partial charge in [-0.2, -0.15) is 0 Å². The van der Waals surface area contributed by atoms with Crippen LogP contribution in [0.3, 0.4) is 0 Å². The molecule has 0 radical (unpaired) electrons. The van der Waals surface area contributed by atoms with E-state index in [4.69, 9.17) is 0 Å². The van der Waals surface area contributed by atoms with Gasteiger partial charge in [-0.25, -0.2) is 9.97 Å². The number of aromatic nitrogens is 3. The summed E-state index contributed by atoms with van der Waals surface area (Å²) in [5.74, 6) is 0.770. The first-order chi connectivity index (χ1) is 12.7. The van der Waals surface area contributed by atoms with E-state index in [0.29, 0.717) is 28.3 Å². The van der Waals surface area contributed by atoms with Crippen molar-refractivity contribution >= 4 is 28.1 Å². The van der Waals surface area contributed by atoms with Gasteiger partial charge in [-0.05, 0) is 37.6 Å². The highest BCUT2D eigenvalue weighted by Crippen LogP contribution is 2.18. The number of benzene rings is 1. The highest BCUT2D eigenvalue weighted by atomic mass is 32.1. The zero-order valence-corrected chi connectivity index (χ0v) is 14.9. The third kappa shape index (κ3) is 3.66. The SMILES string of the molecule is O=C(NCc1nc2ccccc2c(=O)[nH]1)c1csc(CC2CCNC2)n1. The van der Waals surface area contributed by atoms with Crippen molar-refractivity contribution in [2.24, 2.45) is 5.92 Å². The number of fused-ring (bicyclic) bond motifs is 1. The molecule has 3 heterocycles. The molecule has 1 aliphatic rings. The second-order valence-electron chi connectivity index (χ2n) is 6.40. The van der Waals surface area contributed by atoms with Gasteiger partial charge in [-0.15, -0.1) is 11.3 Å². The zero-order valence-electron chi connectivity index (χ0n) is 14.1. The summed E-state index contributed by atoms with van der Waals surface area (Å²) < 4.78 is 0. The van der Waals surface area contributed by atoms with E-state index in [-0.39, 0.29) is 18.0 Å².